The Labute approximate surface area is 179 Å². The molecule has 3 fully saturated rings. The summed E-state index contributed by atoms with van der Waals surface area (Å²) in [6.07, 6.45) is 19.5. The number of benzene rings is 1. The summed E-state index contributed by atoms with van der Waals surface area (Å²) in [6, 6.07) is 9.29. The minimum Gasteiger partial charge on any atom is -0.251 e. The van der Waals surface area contributed by atoms with Gasteiger partial charge in [-0.2, -0.15) is 0 Å². The number of aryl methyl sites for hydroxylation is 1. The van der Waals surface area contributed by atoms with E-state index in [1.54, 1.807) is 5.56 Å². The molecule has 0 spiro atoms. The van der Waals surface area contributed by atoms with E-state index in [4.69, 9.17) is 0 Å². The molecule has 0 unspecified atom stereocenters. The van der Waals surface area contributed by atoms with E-state index in [-0.39, 0.29) is 6.67 Å². The van der Waals surface area contributed by atoms with Crippen LogP contribution >= 0.6 is 0 Å². The molecular weight excluding hydrogens is 355 g/mol. The minimum absolute atomic E-state index is 0.0770. The summed E-state index contributed by atoms with van der Waals surface area (Å²) in [4.78, 5) is 0. The van der Waals surface area contributed by atoms with E-state index in [1.807, 2.05) is 0 Å². The molecule has 0 radical (unpaired) electrons. The van der Waals surface area contributed by atoms with Crippen molar-refractivity contribution in [3.8, 4) is 0 Å². The molecule has 0 atom stereocenters. The fourth-order valence-corrected chi connectivity index (χ4v) is 6.86. The second-order valence-corrected chi connectivity index (χ2v) is 10.9. The summed E-state index contributed by atoms with van der Waals surface area (Å²) >= 11 is 0. The van der Waals surface area contributed by atoms with Gasteiger partial charge in [0.15, 0.2) is 0 Å². The van der Waals surface area contributed by atoms with Crippen molar-refractivity contribution in [2.75, 3.05) is 6.67 Å². The Morgan fingerprint density at radius 3 is 1.55 bits per heavy atom. The molecule has 0 nitrogen and oxygen atoms in total. The SMILES string of the molecule is Cc1ccc(C2CCC(CC[C@H]3CC[C@H]([C@H]4CC[C@H](CF)CC4)CC3)CC2)cc1. The van der Waals surface area contributed by atoms with Gasteiger partial charge in [-0.3, -0.25) is 4.39 Å². The van der Waals surface area contributed by atoms with Crippen LogP contribution in [0.15, 0.2) is 24.3 Å². The molecule has 4 rings (SSSR count). The van der Waals surface area contributed by atoms with E-state index < -0.39 is 0 Å². The van der Waals surface area contributed by atoms with Crippen LogP contribution in [0.5, 0.6) is 0 Å². The molecule has 0 amide bonds. The molecule has 1 aromatic rings. The van der Waals surface area contributed by atoms with Gasteiger partial charge in [0.1, 0.15) is 0 Å². The number of hydrogen-bond acceptors (Lipinski definition) is 0. The van der Waals surface area contributed by atoms with E-state index >= 15 is 0 Å². The fraction of sp³-hybridized carbons (Fsp3) is 0.786. The van der Waals surface area contributed by atoms with Crippen molar-refractivity contribution in [1.82, 2.24) is 0 Å². The predicted molar refractivity (Wildman–Crippen MR) is 122 cm³/mol. The summed E-state index contributed by atoms with van der Waals surface area (Å²) in [5.74, 6) is 5.10. The highest BCUT2D eigenvalue weighted by Gasteiger charge is 2.31. The molecule has 162 valence electrons. The Bertz CT molecular complexity index is 581. The van der Waals surface area contributed by atoms with E-state index in [0.717, 1.165) is 42.4 Å². The zero-order valence-electron chi connectivity index (χ0n) is 18.8. The molecule has 1 heteroatoms. The van der Waals surface area contributed by atoms with Gasteiger partial charge < -0.3 is 0 Å². The van der Waals surface area contributed by atoms with Crippen LogP contribution in [0.3, 0.4) is 0 Å². The molecule has 3 aliphatic carbocycles. The van der Waals surface area contributed by atoms with Crippen LogP contribution in [-0.4, -0.2) is 6.67 Å². The second-order valence-electron chi connectivity index (χ2n) is 10.9. The molecule has 0 aliphatic heterocycles. The quantitative estimate of drug-likeness (QED) is 0.450. The summed E-state index contributed by atoms with van der Waals surface area (Å²) in [5.41, 5.74) is 2.96. The number of rotatable bonds is 6. The lowest BCUT2D eigenvalue weighted by atomic mass is 9.68. The van der Waals surface area contributed by atoms with Crippen molar-refractivity contribution in [2.24, 2.45) is 29.6 Å². The van der Waals surface area contributed by atoms with Crippen molar-refractivity contribution >= 4 is 0 Å². The van der Waals surface area contributed by atoms with Gasteiger partial charge in [-0.25, -0.2) is 0 Å². The predicted octanol–water partition coefficient (Wildman–Crippen LogP) is 8.63. The van der Waals surface area contributed by atoms with Crippen LogP contribution in [-0.2, 0) is 0 Å². The first kappa shape index (κ1) is 21.4. The third-order valence-corrected chi connectivity index (χ3v) is 9.05. The first-order valence-electron chi connectivity index (χ1n) is 12.8. The van der Waals surface area contributed by atoms with Crippen LogP contribution in [0.1, 0.15) is 107 Å². The van der Waals surface area contributed by atoms with E-state index in [9.17, 15) is 4.39 Å². The molecule has 29 heavy (non-hydrogen) atoms. The molecule has 0 heterocycles. The average Bonchev–Trinajstić information content (AvgIpc) is 2.79. The molecule has 3 aliphatic rings. The number of hydrogen-bond donors (Lipinski definition) is 0. The van der Waals surface area contributed by atoms with Gasteiger partial charge in [-0.15, -0.1) is 0 Å². The highest BCUT2D eigenvalue weighted by atomic mass is 19.1. The first-order valence-corrected chi connectivity index (χ1v) is 12.8. The van der Waals surface area contributed by atoms with Crippen LogP contribution in [0.25, 0.3) is 0 Å². The highest BCUT2D eigenvalue weighted by Crippen LogP contribution is 2.43. The van der Waals surface area contributed by atoms with Crippen molar-refractivity contribution in [3.05, 3.63) is 35.4 Å². The monoisotopic (exact) mass is 398 g/mol. The van der Waals surface area contributed by atoms with Crippen molar-refractivity contribution in [2.45, 2.75) is 103 Å². The molecule has 0 saturated heterocycles. The van der Waals surface area contributed by atoms with Gasteiger partial charge in [0, 0.05) is 0 Å². The summed E-state index contributed by atoms with van der Waals surface area (Å²) in [6.45, 7) is 2.11. The van der Waals surface area contributed by atoms with E-state index in [2.05, 4.69) is 31.2 Å². The lowest BCUT2D eigenvalue weighted by Gasteiger charge is -2.38. The van der Waals surface area contributed by atoms with Crippen LogP contribution < -0.4 is 0 Å². The Hall–Kier alpha value is -0.850. The maximum absolute atomic E-state index is 12.9. The summed E-state index contributed by atoms with van der Waals surface area (Å²) in [7, 11) is 0. The fourth-order valence-electron chi connectivity index (χ4n) is 6.86. The van der Waals surface area contributed by atoms with E-state index in [1.165, 1.54) is 82.6 Å². The zero-order valence-corrected chi connectivity index (χ0v) is 18.8. The topological polar surface area (TPSA) is 0 Å². The Morgan fingerprint density at radius 1 is 0.621 bits per heavy atom. The molecule has 0 bridgehead atoms. The van der Waals surface area contributed by atoms with Crippen LogP contribution in [0, 0.1) is 36.5 Å². The van der Waals surface area contributed by atoms with Gasteiger partial charge in [0.05, 0.1) is 6.67 Å². The second kappa shape index (κ2) is 10.5. The van der Waals surface area contributed by atoms with Gasteiger partial charge >= 0.3 is 0 Å². The normalized spacial score (nSPS) is 36.1. The van der Waals surface area contributed by atoms with Gasteiger partial charge in [0.2, 0.25) is 0 Å². The van der Waals surface area contributed by atoms with Gasteiger partial charge in [-0.05, 0) is 112 Å². The third kappa shape index (κ3) is 5.86. The summed E-state index contributed by atoms with van der Waals surface area (Å²) in [5, 5.41) is 0. The minimum atomic E-state index is -0.0770. The van der Waals surface area contributed by atoms with Crippen molar-refractivity contribution in [1.29, 1.82) is 0 Å². The van der Waals surface area contributed by atoms with Crippen LogP contribution in [0.2, 0.25) is 0 Å². The smallest absolute Gasteiger partial charge is 0.0922 e. The standard InChI is InChI=1S/C28H43F/c1-21-2-12-25(13-3-21)26-14-6-22(7-15-26)4-5-23-8-16-27(17-9-23)28-18-10-24(20-29)11-19-28/h2-3,12-13,22-24,26-28H,4-11,14-20H2,1H3/t22?,23-,24-,26?,27-,28-. The maximum Gasteiger partial charge on any atom is 0.0922 e. The molecule has 0 aromatic heterocycles. The molecular formula is C28H43F. The summed E-state index contributed by atoms with van der Waals surface area (Å²) < 4.78 is 12.9. The highest BCUT2D eigenvalue weighted by molar-refractivity contribution is 5.24. The molecule has 3 saturated carbocycles. The zero-order chi connectivity index (χ0) is 20.1. The lowest BCUT2D eigenvalue weighted by Crippen LogP contribution is -2.26. The number of halogens is 1. The Balaban J connectivity index is 1.12. The molecule has 1 aromatic carbocycles. The van der Waals surface area contributed by atoms with Crippen molar-refractivity contribution in [3.63, 3.8) is 0 Å². The first-order chi connectivity index (χ1) is 14.2. The average molecular weight is 399 g/mol. The maximum atomic E-state index is 12.9. The van der Waals surface area contributed by atoms with E-state index in [0.29, 0.717) is 5.92 Å². The molecule has 0 N–H and O–H groups in total. The largest absolute Gasteiger partial charge is 0.251 e. The third-order valence-electron chi connectivity index (χ3n) is 9.05. The van der Waals surface area contributed by atoms with Gasteiger partial charge in [-0.1, -0.05) is 55.5 Å². The Kier molecular flexibility index (Phi) is 7.71. The van der Waals surface area contributed by atoms with Crippen molar-refractivity contribution < 1.29 is 4.39 Å². The van der Waals surface area contributed by atoms with Crippen LogP contribution in [0.4, 0.5) is 4.39 Å². The Morgan fingerprint density at radius 2 is 1.07 bits per heavy atom. The van der Waals surface area contributed by atoms with Gasteiger partial charge in [0.25, 0.3) is 0 Å². The lowest BCUT2D eigenvalue weighted by molar-refractivity contribution is 0.131. The number of alkyl halides is 1.